The smallest absolute Gasteiger partial charge is 0.176 e. The molecule has 3 nitrogen and oxygen atoms in total. The van der Waals surface area contributed by atoms with Gasteiger partial charge in [-0.05, 0) is 41.5 Å². The Labute approximate surface area is 132 Å². The number of halogens is 2. The van der Waals surface area contributed by atoms with Crippen molar-refractivity contribution in [1.82, 2.24) is 0 Å². The van der Waals surface area contributed by atoms with Gasteiger partial charge in [-0.2, -0.15) is 5.26 Å². The lowest BCUT2D eigenvalue weighted by Gasteiger charge is -2.07. The number of phenols is 1. The number of hydrogen-bond donors (Lipinski definition) is 1. The van der Waals surface area contributed by atoms with Crippen LogP contribution in [0.4, 0.5) is 0 Å². The SMILES string of the molecule is COc1cc(/C=C(\C#N)c2ccc(Cl)cc2)cc(Cl)c1O. The highest BCUT2D eigenvalue weighted by Gasteiger charge is 2.09. The first-order valence-corrected chi connectivity index (χ1v) is 6.75. The summed E-state index contributed by atoms with van der Waals surface area (Å²) in [6, 6.07) is 12.2. The van der Waals surface area contributed by atoms with Gasteiger partial charge >= 0.3 is 0 Å². The zero-order chi connectivity index (χ0) is 15.4. The molecule has 0 aromatic heterocycles. The van der Waals surface area contributed by atoms with Gasteiger partial charge in [0.2, 0.25) is 0 Å². The van der Waals surface area contributed by atoms with E-state index in [1.54, 1.807) is 42.5 Å². The van der Waals surface area contributed by atoms with Crippen molar-refractivity contribution in [2.24, 2.45) is 0 Å². The van der Waals surface area contributed by atoms with E-state index in [2.05, 4.69) is 6.07 Å². The molecule has 21 heavy (non-hydrogen) atoms. The zero-order valence-corrected chi connectivity index (χ0v) is 12.6. The van der Waals surface area contributed by atoms with E-state index in [4.69, 9.17) is 27.9 Å². The van der Waals surface area contributed by atoms with Crippen LogP contribution >= 0.6 is 23.2 Å². The number of phenolic OH excluding ortho intramolecular Hbond substituents is 1. The zero-order valence-electron chi connectivity index (χ0n) is 11.1. The van der Waals surface area contributed by atoms with E-state index in [1.165, 1.54) is 7.11 Å². The fraction of sp³-hybridized carbons (Fsp3) is 0.0625. The number of ether oxygens (including phenoxy) is 1. The largest absolute Gasteiger partial charge is 0.503 e. The average Bonchev–Trinajstić information content (AvgIpc) is 2.49. The Kier molecular flexibility index (Phi) is 4.74. The lowest BCUT2D eigenvalue weighted by Crippen LogP contribution is -1.87. The van der Waals surface area contributed by atoms with Crippen molar-refractivity contribution in [2.75, 3.05) is 7.11 Å². The van der Waals surface area contributed by atoms with Crippen LogP contribution in [0.5, 0.6) is 11.5 Å². The molecule has 0 spiro atoms. The van der Waals surface area contributed by atoms with E-state index in [0.29, 0.717) is 16.2 Å². The van der Waals surface area contributed by atoms with Gasteiger partial charge in [0, 0.05) is 5.02 Å². The molecule has 0 aliphatic carbocycles. The lowest BCUT2D eigenvalue weighted by atomic mass is 10.0. The first-order valence-electron chi connectivity index (χ1n) is 5.99. The predicted octanol–water partition coefficient (Wildman–Crippen LogP) is 4.77. The molecule has 0 aliphatic heterocycles. The Balaban J connectivity index is 2.48. The quantitative estimate of drug-likeness (QED) is 0.654. The van der Waals surface area contributed by atoms with Crippen molar-refractivity contribution >= 4 is 34.9 Å². The Morgan fingerprint density at radius 1 is 1.24 bits per heavy atom. The normalized spacial score (nSPS) is 11.0. The Morgan fingerprint density at radius 2 is 1.90 bits per heavy atom. The third kappa shape index (κ3) is 3.49. The Morgan fingerprint density at radius 3 is 2.48 bits per heavy atom. The number of benzene rings is 2. The van der Waals surface area contributed by atoms with E-state index in [1.807, 2.05) is 0 Å². The van der Waals surface area contributed by atoms with Crippen molar-refractivity contribution in [1.29, 1.82) is 5.26 Å². The second-order valence-electron chi connectivity index (χ2n) is 4.23. The lowest BCUT2D eigenvalue weighted by molar-refractivity contribution is 0.373. The topological polar surface area (TPSA) is 53.2 Å². The first-order chi connectivity index (χ1) is 10.0. The van der Waals surface area contributed by atoms with Gasteiger partial charge < -0.3 is 9.84 Å². The average molecular weight is 320 g/mol. The summed E-state index contributed by atoms with van der Waals surface area (Å²) in [7, 11) is 1.43. The maximum atomic E-state index is 9.70. The molecule has 0 atom stereocenters. The number of nitriles is 1. The van der Waals surface area contributed by atoms with Crippen molar-refractivity contribution in [3.05, 3.63) is 57.6 Å². The van der Waals surface area contributed by atoms with Crippen LogP contribution in [0.25, 0.3) is 11.6 Å². The number of allylic oxidation sites excluding steroid dienone is 1. The molecule has 0 saturated carbocycles. The summed E-state index contributed by atoms with van der Waals surface area (Å²) < 4.78 is 5.04. The van der Waals surface area contributed by atoms with Crippen LogP contribution in [0.15, 0.2) is 36.4 Å². The number of rotatable bonds is 3. The summed E-state index contributed by atoms with van der Waals surface area (Å²) >= 11 is 11.8. The Bertz CT molecular complexity index is 731. The van der Waals surface area contributed by atoms with Crippen molar-refractivity contribution < 1.29 is 9.84 Å². The van der Waals surface area contributed by atoms with Gasteiger partial charge in [0.1, 0.15) is 0 Å². The van der Waals surface area contributed by atoms with Crippen molar-refractivity contribution in [3.63, 3.8) is 0 Å². The van der Waals surface area contributed by atoms with Gasteiger partial charge in [-0.25, -0.2) is 0 Å². The number of nitrogens with zero attached hydrogens (tertiary/aromatic N) is 1. The van der Waals surface area contributed by atoms with Crippen LogP contribution in [0.2, 0.25) is 10.0 Å². The molecule has 2 aromatic carbocycles. The molecule has 0 bridgehead atoms. The fourth-order valence-electron chi connectivity index (χ4n) is 1.81. The fourth-order valence-corrected chi connectivity index (χ4v) is 2.15. The maximum absolute atomic E-state index is 9.70. The number of methoxy groups -OCH3 is 1. The molecular weight excluding hydrogens is 309 g/mol. The molecule has 2 aromatic rings. The molecule has 5 heteroatoms. The van der Waals surface area contributed by atoms with E-state index in [-0.39, 0.29) is 16.5 Å². The standard InChI is InChI=1S/C16H11Cl2NO2/c1-21-15-8-10(7-14(18)16(15)20)6-12(9-19)11-2-4-13(17)5-3-11/h2-8,20H,1H3/b12-6+. The minimum absolute atomic E-state index is 0.124. The van der Waals surface area contributed by atoms with Crippen LogP contribution in [-0.2, 0) is 0 Å². The maximum Gasteiger partial charge on any atom is 0.176 e. The monoisotopic (exact) mass is 319 g/mol. The molecule has 0 saturated heterocycles. The highest BCUT2D eigenvalue weighted by molar-refractivity contribution is 6.32. The van der Waals surface area contributed by atoms with Gasteiger partial charge in [-0.15, -0.1) is 0 Å². The van der Waals surface area contributed by atoms with Crippen LogP contribution < -0.4 is 4.74 Å². The minimum atomic E-state index is -0.124. The summed E-state index contributed by atoms with van der Waals surface area (Å²) in [5.41, 5.74) is 1.85. The van der Waals surface area contributed by atoms with Gasteiger partial charge in [0.25, 0.3) is 0 Å². The van der Waals surface area contributed by atoms with Crippen LogP contribution in [0, 0.1) is 11.3 Å². The van der Waals surface area contributed by atoms with E-state index in [9.17, 15) is 10.4 Å². The van der Waals surface area contributed by atoms with Crippen molar-refractivity contribution in [2.45, 2.75) is 0 Å². The second-order valence-corrected chi connectivity index (χ2v) is 5.07. The molecule has 0 amide bonds. The molecule has 0 heterocycles. The second kappa shape index (κ2) is 6.53. The van der Waals surface area contributed by atoms with Gasteiger partial charge in [0.05, 0.1) is 23.8 Å². The first kappa shape index (κ1) is 15.2. The highest BCUT2D eigenvalue weighted by atomic mass is 35.5. The van der Waals surface area contributed by atoms with Crippen LogP contribution in [-0.4, -0.2) is 12.2 Å². The number of hydrogen-bond acceptors (Lipinski definition) is 3. The van der Waals surface area contributed by atoms with Gasteiger partial charge in [-0.3, -0.25) is 0 Å². The number of aromatic hydroxyl groups is 1. The third-order valence-corrected chi connectivity index (χ3v) is 3.40. The summed E-state index contributed by atoms with van der Waals surface area (Å²) in [4.78, 5) is 0. The highest BCUT2D eigenvalue weighted by Crippen LogP contribution is 2.36. The molecular formula is C16H11Cl2NO2. The van der Waals surface area contributed by atoms with Crippen LogP contribution in [0.1, 0.15) is 11.1 Å². The molecule has 1 N–H and O–H groups in total. The third-order valence-electron chi connectivity index (χ3n) is 2.86. The molecule has 0 radical (unpaired) electrons. The molecule has 0 aliphatic rings. The summed E-state index contributed by atoms with van der Waals surface area (Å²) in [6.45, 7) is 0. The molecule has 106 valence electrons. The predicted molar refractivity (Wildman–Crippen MR) is 84.6 cm³/mol. The van der Waals surface area contributed by atoms with Gasteiger partial charge in [-0.1, -0.05) is 35.3 Å². The summed E-state index contributed by atoms with van der Waals surface area (Å²) in [5, 5.41) is 19.8. The van der Waals surface area contributed by atoms with E-state index in [0.717, 1.165) is 5.56 Å². The van der Waals surface area contributed by atoms with Crippen LogP contribution in [0.3, 0.4) is 0 Å². The Hall–Kier alpha value is -2.15. The van der Waals surface area contributed by atoms with Gasteiger partial charge in [0.15, 0.2) is 11.5 Å². The molecule has 0 unspecified atom stereocenters. The summed E-state index contributed by atoms with van der Waals surface area (Å²) in [5.74, 6) is 0.128. The van der Waals surface area contributed by atoms with Crippen molar-refractivity contribution in [3.8, 4) is 17.6 Å². The van der Waals surface area contributed by atoms with E-state index >= 15 is 0 Å². The minimum Gasteiger partial charge on any atom is -0.503 e. The molecule has 2 rings (SSSR count). The summed E-state index contributed by atoms with van der Waals surface area (Å²) in [6.07, 6.45) is 1.66. The van der Waals surface area contributed by atoms with E-state index < -0.39 is 0 Å². The molecule has 0 fully saturated rings.